The molecule has 0 aliphatic heterocycles. The number of aryl methyl sites for hydroxylation is 1. The van der Waals surface area contributed by atoms with Crippen molar-refractivity contribution in [1.82, 2.24) is 4.98 Å². The van der Waals surface area contributed by atoms with Crippen molar-refractivity contribution in [3.05, 3.63) is 53.4 Å². The third-order valence-electron chi connectivity index (χ3n) is 2.55. The second-order valence-corrected chi connectivity index (χ2v) is 3.97. The normalized spacial score (nSPS) is 10.3. The van der Waals surface area contributed by atoms with Gasteiger partial charge in [0.15, 0.2) is 5.82 Å². The number of anilines is 2. The van der Waals surface area contributed by atoms with Gasteiger partial charge in [-0.05, 0) is 24.6 Å². The molecule has 3 N–H and O–H groups in total. The molecule has 0 unspecified atom stereocenters. The summed E-state index contributed by atoms with van der Waals surface area (Å²) in [6.45, 7) is 1.70. The number of pyridine rings is 1. The topological polar surface area (TPSA) is 68.0 Å². The molecule has 0 aliphatic carbocycles. The summed E-state index contributed by atoms with van der Waals surface area (Å²) in [4.78, 5) is 15.8. The van der Waals surface area contributed by atoms with Crippen LogP contribution in [0.3, 0.4) is 0 Å². The zero-order valence-corrected chi connectivity index (χ0v) is 10.1. The van der Waals surface area contributed by atoms with E-state index in [-0.39, 0.29) is 17.1 Å². The van der Waals surface area contributed by atoms with E-state index in [1.165, 1.54) is 6.20 Å². The maximum Gasteiger partial charge on any atom is 0.274 e. The number of nitrogens with one attached hydrogen (secondary N) is 1. The van der Waals surface area contributed by atoms with Crippen LogP contribution >= 0.6 is 0 Å². The molecule has 0 aliphatic rings. The van der Waals surface area contributed by atoms with Crippen molar-refractivity contribution < 1.29 is 13.6 Å². The molecular weight excluding hydrogens is 252 g/mol. The Morgan fingerprint density at radius 3 is 2.74 bits per heavy atom. The Bertz CT molecular complexity index is 621. The van der Waals surface area contributed by atoms with E-state index >= 15 is 0 Å². The van der Waals surface area contributed by atoms with Crippen LogP contribution in [-0.4, -0.2) is 10.9 Å². The molecule has 0 saturated heterocycles. The molecule has 0 atom stereocenters. The maximum atomic E-state index is 13.5. The van der Waals surface area contributed by atoms with Crippen LogP contribution in [0.2, 0.25) is 0 Å². The van der Waals surface area contributed by atoms with Gasteiger partial charge in [0.05, 0.1) is 5.69 Å². The Hall–Kier alpha value is -2.50. The Morgan fingerprint density at radius 2 is 2.11 bits per heavy atom. The Kier molecular flexibility index (Phi) is 3.41. The molecule has 1 amide bonds. The number of amides is 1. The third-order valence-corrected chi connectivity index (χ3v) is 2.55. The monoisotopic (exact) mass is 263 g/mol. The summed E-state index contributed by atoms with van der Waals surface area (Å²) < 4.78 is 26.4. The number of nitrogens with two attached hydrogens (primary N) is 1. The number of rotatable bonds is 2. The van der Waals surface area contributed by atoms with E-state index in [0.29, 0.717) is 11.6 Å². The van der Waals surface area contributed by atoms with Crippen molar-refractivity contribution in [2.24, 2.45) is 0 Å². The van der Waals surface area contributed by atoms with Gasteiger partial charge in [-0.25, -0.2) is 8.78 Å². The van der Waals surface area contributed by atoms with Gasteiger partial charge in [-0.1, -0.05) is 6.07 Å². The minimum atomic E-state index is -0.931. The smallest absolute Gasteiger partial charge is 0.274 e. The minimum absolute atomic E-state index is 0.158. The first-order chi connectivity index (χ1) is 8.99. The number of carbonyl (C=O) groups excluding carboxylic acids is 1. The third kappa shape index (κ3) is 2.67. The first kappa shape index (κ1) is 12.9. The van der Waals surface area contributed by atoms with Gasteiger partial charge in [0, 0.05) is 12.3 Å². The lowest BCUT2D eigenvalue weighted by Gasteiger charge is -2.10. The predicted octanol–water partition coefficient (Wildman–Crippen LogP) is 2.50. The number of hydrogen-bond acceptors (Lipinski definition) is 3. The number of carbonyl (C=O) groups is 1. The molecule has 1 aromatic heterocycles. The highest BCUT2D eigenvalue weighted by atomic mass is 19.1. The van der Waals surface area contributed by atoms with Gasteiger partial charge in [0.25, 0.3) is 5.91 Å². The van der Waals surface area contributed by atoms with Crippen LogP contribution in [-0.2, 0) is 0 Å². The second-order valence-electron chi connectivity index (χ2n) is 3.97. The number of aromatic nitrogens is 1. The molecule has 98 valence electrons. The van der Waals surface area contributed by atoms with Gasteiger partial charge in [-0.15, -0.1) is 0 Å². The summed E-state index contributed by atoms with van der Waals surface area (Å²) in [5, 5.41) is 2.29. The molecule has 4 nitrogen and oxygen atoms in total. The molecule has 0 radical (unpaired) electrons. The standard InChI is InChI=1S/C13H11F2N3O/c1-7-3-2-4-17-11(7)13(19)18-12-9(15)5-8(14)6-10(12)16/h2-6H,16H2,1H3,(H,18,19). The summed E-state index contributed by atoms with van der Waals surface area (Å²) in [5.74, 6) is -2.34. The molecule has 0 fully saturated rings. The lowest BCUT2D eigenvalue weighted by molar-refractivity contribution is 0.102. The second kappa shape index (κ2) is 5.01. The van der Waals surface area contributed by atoms with Gasteiger partial charge in [-0.2, -0.15) is 0 Å². The van der Waals surface area contributed by atoms with Crippen molar-refractivity contribution in [1.29, 1.82) is 0 Å². The fourth-order valence-electron chi connectivity index (χ4n) is 1.62. The lowest BCUT2D eigenvalue weighted by Crippen LogP contribution is -2.17. The molecule has 1 heterocycles. The Morgan fingerprint density at radius 1 is 1.37 bits per heavy atom. The average Bonchev–Trinajstić information content (AvgIpc) is 2.34. The number of nitrogens with zero attached hydrogens (tertiary/aromatic N) is 1. The summed E-state index contributed by atoms with van der Waals surface area (Å²) >= 11 is 0. The van der Waals surface area contributed by atoms with Crippen molar-refractivity contribution in [3.8, 4) is 0 Å². The van der Waals surface area contributed by atoms with Gasteiger partial charge >= 0.3 is 0 Å². The van der Waals surface area contributed by atoms with Gasteiger partial charge in [-0.3, -0.25) is 9.78 Å². The predicted molar refractivity (Wildman–Crippen MR) is 67.7 cm³/mol. The van der Waals surface area contributed by atoms with Gasteiger partial charge in [0.2, 0.25) is 0 Å². The summed E-state index contributed by atoms with van der Waals surface area (Å²) in [7, 11) is 0. The van der Waals surface area contributed by atoms with E-state index in [9.17, 15) is 13.6 Å². The lowest BCUT2D eigenvalue weighted by atomic mass is 10.2. The average molecular weight is 263 g/mol. The molecule has 2 aromatic rings. The van der Waals surface area contributed by atoms with Crippen molar-refractivity contribution in [2.45, 2.75) is 6.92 Å². The van der Waals surface area contributed by atoms with E-state index in [1.807, 2.05) is 0 Å². The Balaban J connectivity index is 2.32. The summed E-state index contributed by atoms with van der Waals surface area (Å²) in [5.41, 5.74) is 5.84. The van der Waals surface area contributed by atoms with Crippen LogP contribution in [0.4, 0.5) is 20.2 Å². The first-order valence-electron chi connectivity index (χ1n) is 5.46. The highest BCUT2D eigenvalue weighted by Crippen LogP contribution is 2.24. The van der Waals surface area contributed by atoms with Gasteiger partial charge < -0.3 is 11.1 Å². The van der Waals surface area contributed by atoms with E-state index in [2.05, 4.69) is 10.3 Å². The maximum absolute atomic E-state index is 13.5. The number of hydrogen-bond donors (Lipinski definition) is 2. The van der Waals surface area contributed by atoms with Crippen LogP contribution in [0.15, 0.2) is 30.5 Å². The SMILES string of the molecule is Cc1cccnc1C(=O)Nc1c(N)cc(F)cc1F. The largest absolute Gasteiger partial charge is 0.397 e. The van der Waals surface area contributed by atoms with Gasteiger partial charge in [0.1, 0.15) is 17.2 Å². The van der Waals surface area contributed by atoms with Crippen molar-refractivity contribution >= 4 is 17.3 Å². The van der Waals surface area contributed by atoms with Crippen molar-refractivity contribution in [2.75, 3.05) is 11.1 Å². The summed E-state index contributed by atoms with van der Waals surface area (Å²) in [6, 6.07) is 4.96. The molecule has 0 saturated carbocycles. The van der Waals surface area contributed by atoms with Crippen LogP contribution in [0.5, 0.6) is 0 Å². The molecule has 2 rings (SSSR count). The zero-order valence-electron chi connectivity index (χ0n) is 10.1. The number of benzene rings is 1. The van der Waals surface area contributed by atoms with Crippen LogP contribution in [0.25, 0.3) is 0 Å². The summed E-state index contributed by atoms with van der Waals surface area (Å²) in [6.07, 6.45) is 1.45. The molecule has 0 bridgehead atoms. The minimum Gasteiger partial charge on any atom is -0.397 e. The zero-order chi connectivity index (χ0) is 14.0. The first-order valence-corrected chi connectivity index (χ1v) is 5.46. The van der Waals surface area contributed by atoms with E-state index in [0.717, 1.165) is 6.07 Å². The molecule has 19 heavy (non-hydrogen) atoms. The molecule has 1 aromatic carbocycles. The van der Waals surface area contributed by atoms with Crippen LogP contribution < -0.4 is 11.1 Å². The number of halogens is 2. The van der Waals surface area contributed by atoms with Crippen LogP contribution in [0.1, 0.15) is 16.1 Å². The van der Waals surface area contributed by atoms with Crippen molar-refractivity contribution in [3.63, 3.8) is 0 Å². The highest BCUT2D eigenvalue weighted by Gasteiger charge is 2.15. The van der Waals surface area contributed by atoms with Crippen LogP contribution in [0, 0.1) is 18.6 Å². The molecule has 6 heteroatoms. The molecular formula is C13H11F2N3O. The molecule has 0 spiro atoms. The van der Waals surface area contributed by atoms with E-state index in [1.54, 1.807) is 19.1 Å². The highest BCUT2D eigenvalue weighted by molar-refractivity contribution is 6.05. The number of nitrogen functional groups attached to an aromatic ring is 1. The fraction of sp³-hybridized carbons (Fsp3) is 0.0769. The van der Waals surface area contributed by atoms with E-state index < -0.39 is 17.5 Å². The fourth-order valence-corrected chi connectivity index (χ4v) is 1.62. The van der Waals surface area contributed by atoms with E-state index in [4.69, 9.17) is 5.73 Å². The quantitative estimate of drug-likeness (QED) is 0.818. The Labute approximate surface area is 108 Å².